The van der Waals surface area contributed by atoms with Crippen molar-refractivity contribution in [2.75, 3.05) is 13.3 Å². The van der Waals surface area contributed by atoms with E-state index in [0.717, 1.165) is 0 Å². The first-order chi connectivity index (χ1) is 14.3. The Hall–Kier alpha value is -3.27. The minimum atomic E-state index is -4.84. The van der Waals surface area contributed by atoms with Crippen LogP contribution in [0.1, 0.15) is 21.6 Å². The monoisotopic (exact) mass is 433 g/mol. The molecule has 3 heterocycles. The molecule has 2 aromatic heterocycles. The predicted octanol–water partition coefficient (Wildman–Crippen LogP) is 4.94. The van der Waals surface area contributed by atoms with Crippen LogP contribution in [-0.4, -0.2) is 40.4 Å². The molecule has 0 bridgehead atoms. The molecule has 0 atom stereocenters. The van der Waals surface area contributed by atoms with E-state index in [2.05, 4.69) is 14.7 Å². The minimum Gasteiger partial charge on any atom is -0.463 e. The summed E-state index contributed by atoms with van der Waals surface area (Å²) >= 11 is 1.27. The highest BCUT2D eigenvalue weighted by Crippen LogP contribution is 2.39. The Morgan fingerprint density at radius 1 is 1.13 bits per heavy atom. The molecule has 0 unspecified atom stereocenters. The van der Waals surface area contributed by atoms with E-state index in [0.29, 0.717) is 28.0 Å². The molecule has 1 aliphatic rings. The molecule has 0 saturated carbocycles. The maximum Gasteiger partial charge on any atom is 0.573 e. The summed E-state index contributed by atoms with van der Waals surface area (Å²) in [5.74, 6) is -0.366. The average Bonchev–Trinajstić information content (AvgIpc) is 3.31. The van der Waals surface area contributed by atoms with E-state index in [1.54, 1.807) is 24.5 Å². The van der Waals surface area contributed by atoms with Crippen LogP contribution in [0.15, 0.2) is 52.2 Å². The van der Waals surface area contributed by atoms with Crippen LogP contribution in [0.25, 0.3) is 23.2 Å². The lowest BCUT2D eigenvalue weighted by atomic mass is 10.1. The summed E-state index contributed by atoms with van der Waals surface area (Å²) in [7, 11) is 1.52. The number of rotatable bonds is 4. The van der Waals surface area contributed by atoms with Crippen molar-refractivity contribution in [3.05, 3.63) is 59.5 Å². The number of nitrogens with zero attached hydrogens (tertiary/aromatic N) is 3. The van der Waals surface area contributed by atoms with Crippen molar-refractivity contribution in [2.45, 2.75) is 11.5 Å². The molecular weight excluding hydrogens is 419 g/mol. The summed E-state index contributed by atoms with van der Waals surface area (Å²) in [5.41, 5.74) is 1.36. The van der Waals surface area contributed by atoms with Crippen LogP contribution in [0.3, 0.4) is 0 Å². The highest BCUT2D eigenvalue weighted by Gasteiger charge is 2.37. The Bertz CT molecular complexity index is 1140. The molecule has 1 aliphatic heterocycles. The second kappa shape index (κ2) is 7.52. The number of furan rings is 1. The summed E-state index contributed by atoms with van der Waals surface area (Å²) in [5, 5.41) is 0.397. The smallest absolute Gasteiger partial charge is 0.463 e. The number of carbonyl (C=O) groups excluding carboxylic acids is 1. The lowest BCUT2D eigenvalue weighted by Gasteiger charge is -2.14. The second-order valence-corrected chi connectivity index (χ2v) is 7.01. The van der Waals surface area contributed by atoms with Crippen molar-refractivity contribution in [3.8, 4) is 17.2 Å². The van der Waals surface area contributed by atoms with Gasteiger partial charge in [-0.05, 0) is 30.5 Å². The van der Waals surface area contributed by atoms with Crippen molar-refractivity contribution in [1.82, 2.24) is 14.9 Å². The zero-order valence-corrected chi connectivity index (χ0v) is 16.5. The topological polar surface area (TPSA) is 68.5 Å². The van der Waals surface area contributed by atoms with Crippen molar-refractivity contribution in [1.29, 1.82) is 0 Å². The van der Waals surface area contributed by atoms with Crippen LogP contribution in [0.5, 0.6) is 5.75 Å². The molecule has 1 amide bonds. The molecule has 0 fully saturated rings. The number of hydrogen-bond donors (Lipinski definition) is 0. The fourth-order valence-corrected chi connectivity index (χ4v) is 3.44. The van der Waals surface area contributed by atoms with Crippen LogP contribution >= 0.6 is 11.8 Å². The third-order valence-corrected chi connectivity index (χ3v) is 4.93. The molecule has 0 saturated heterocycles. The van der Waals surface area contributed by atoms with Gasteiger partial charge >= 0.3 is 6.36 Å². The second-order valence-electron chi connectivity index (χ2n) is 6.24. The fourth-order valence-electron chi connectivity index (χ4n) is 3.08. The van der Waals surface area contributed by atoms with Gasteiger partial charge in [-0.3, -0.25) is 4.79 Å². The number of thioether (sulfide) groups is 1. The van der Waals surface area contributed by atoms with Gasteiger partial charge in [0.2, 0.25) is 0 Å². The predicted molar refractivity (Wildman–Crippen MR) is 105 cm³/mol. The van der Waals surface area contributed by atoms with Crippen molar-refractivity contribution < 1.29 is 27.1 Å². The van der Waals surface area contributed by atoms with Crippen LogP contribution in [0.2, 0.25) is 0 Å². The molecule has 0 radical (unpaired) electrons. The zero-order chi connectivity index (χ0) is 21.5. The third kappa shape index (κ3) is 3.65. The molecule has 0 N–H and O–H groups in total. The number of amides is 1. The number of alkyl halides is 3. The van der Waals surface area contributed by atoms with Gasteiger partial charge in [0.05, 0.1) is 17.5 Å². The summed E-state index contributed by atoms with van der Waals surface area (Å²) < 4.78 is 47.9. The Kier molecular flexibility index (Phi) is 5.02. The van der Waals surface area contributed by atoms with Crippen molar-refractivity contribution >= 4 is 29.4 Å². The maximum atomic E-state index is 13.0. The van der Waals surface area contributed by atoms with Gasteiger partial charge in [-0.15, -0.1) is 13.2 Å². The first-order valence-electron chi connectivity index (χ1n) is 8.63. The maximum absolute atomic E-state index is 13.0. The first kappa shape index (κ1) is 20.0. The Labute approximate surface area is 173 Å². The Morgan fingerprint density at radius 3 is 2.53 bits per heavy atom. The van der Waals surface area contributed by atoms with Gasteiger partial charge in [0.15, 0.2) is 10.9 Å². The van der Waals surface area contributed by atoms with Gasteiger partial charge in [0.1, 0.15) is 17.1 Å². The molecule has 30 heavy (non-hydrogen) atoms. The largest absolute Gasteiger partial charge is 0.573 e. The molecule has 1 aromatic carbocycles. The number of para-hydroxylation sites is 1. The van der Waals surface area contributed by atoms with Gasteiger partial charge in [-0.1, -0.05) is 30.0 Å². The Morgan fingerprint density at radius 2 is 1.87 bits per heavy atom. The zero-order valence-electron chi connectivity index (χ0n) is 15.7. The highest BCUT2D eigenvalue weighted by atomic mass is 32.2. The van der Waals surface area contributed by atoms with Crippen molar-refractivity contribution in [3.63, 3.8) is 0 Å². The Balaban J connectivity index is 1.90. The third-order valence-electron chi connectivity index (χ3n) is 4.39. The minimum absolute atomic E-state index is 0.154. The number of hydrogen-bond acceptors (Lipinski definition) is 6. The molecule has 0 aliphatic carbocycles. The first-order valence-corrected chi connectivity index (χ1v) is 9.86. The molecule has 10 heteroatoms. The van der Waals surface area contributed by atoms with E-state index in [4.69, 9.17) is 4.42 Å². The van der Waals surface area contributed by atoms with E-state index < -0.39 is 6.36 Å². The highest BCUT2D eigenvalue weighted by molar-refractivity contribution is 7.98. The van der Waals surface area contributed by atoms with Gasteiger partial charge < -0.3 is 14.1 Å². The standard InChI is InChI=1S/C20H14F3N3O3S/c1-26-12(10-11-6-3-4-7-13(11)29-20(21,22)23)16-15(18(26)27)17(14-8-5-9-28-14)25-19(24-16)30-2/h3-10H,1-2H3/b12-10-. The van der Waals surface area contributed by atoms with Crippen molar-refractivity contribution in [2.24, 2.45) is 0 Å². The number of benzene rings is 1. The molecule has 0 spiro atoms. The summed E-state index contributed by atoms with van der Waals surface area (Å²) in [6.07, 6.45) is -0.157. The normalized spacial score (nSPS) is 15.0. The number of aromatic nitrogens is 2. The SMILES string of the molecule is CSc1nc2c(c(-c3ccco3)n1)C(=O)N(C)/C2=C\c1ccccc1OC(F)(F)F. The summed E-state index contributed by atoms with van der Waals surface area (Å²) in [6, 6.07) is 9.04. The van der Waals surface area contributed by atoms with Crippen LogP contribution < -0.4 is 4.74 Å². The van der Waals surface area contributed by atoms with E-state index in [1.807, 2.05) is 0 Å². The molecule has 6 nitrogen and oxygen atoms in total. The quantitative estimate of drug-likeness (QED) is 0.429. The number of fused-ring (bicyclic) bond motifs is 1. The molecule has 3 aromatic rings. The molecule has 154 valence electrons. The number of carbonyl (C=O) groups is 1. The van der Waals surface area contributed by atoms with E-state index >= 15 is 0 Å². The van der Waals surface area contributed by atoms with E-state index in [1.165, 1.54) is 54.2 Å². The van der Waals surface area contributed by atoms with E-state index in [9.17, 15) is 18.0 Å². The van der Waals surface area contributed by atoms with Gasteiger partial charge in [0, 0.05) is 12.6 Å². The lowest BCUT2D eigenvalue weighted by Crippen LogP contribution is -2.18. The lowest BCUT2D eigenvalue weighted by molar-refractivity contribution is -0.274. The van der Waals surface area contributed by atoms with E-state index in [-0.39, 0.29) is 22.8 Å². The molecular formula is C20H14F3N3O3S. The number of halogens is 3. The van der Waals surface area contributed by atoms with Gasteiger partial charge in [0.25, 0.3) is 5.91 Å². The fraction of sp³-hybridized carbons (Fsp3) is 0.150. The average molecular weight is 433 g/mol. The molecule has 4 rings (SSSR count). The van der Waals surface area contributed by atoms with Crippen LogP contribution in [-0.2, 0) is 0 Å². The van der Waals surface area contributed by atoms with Gasteiger partial charge in [-0.25, -0.2) is 9.97 Å². The summed E-state index contributed by atoms with van der Waals surface area (Å²) in [6.45, 7) is 0. The van der Waals surface area contributed by atoms with Gasteiger partial charge in [-0.2, -0.15) is 0 Å². The van der Waals surface area contributed by atoms with Crippen LogP contribution in [0, 0.1) is 0 Å². The number of ether oxygens (including phenoxy) is 1. The summed E-state index contributed by atoms with van der Waals surface area (Å²) in [4.78, 5) is 23.1. The van der Waals surface area contributed by atoms with Crippen LogP contribution in [0.4, 0.5) is 13.2 Å².